The van der Waals surface area contributed by atoms with Gasteiger partial charge in [-0.15, -0.1) is 0 Å². The van der Waals surface area contributed by atoms with Crippen LogP contribution in [0.3, 0.4) is 0 Å². The molecule has 0 fully saturated rings. The molecule has 0 aliphatic rings. The van der Waals surface area contributed by atoms with E-state index in [4.69, 9.17) is 0 Å². The highest BCUT2D eigenvalue weighted by atomic mass is 19.3. The maximum Gasteiger partial charge on any atom is 0.387 e. The SMILES string of the molecule is Cn1cc(C(O)c2ccc(OC(F)F)cc2)cn1. The second-order valence-electron chi connectivity index (χ2n) is 3.80. The predicted octanol–water partition coefficient (Wildman–Crippen LogP) is 2.10. The molecule has 0 saturated heterocycles. The highest BCUT2D eigenvalue weighted by molar-refractivity contribution is 5.32. The van der Waals surface area contributed by atoms with Crippen molar-refractivity contribution in [2.45, 2.75) is 12.7 Å². The Morgan fingerprint density at radius 2 is 1.89 bits per heavy atom. The highest BCUT2D eigenvalue weighted by Crippen LogP contribution is 2.24. The van der Waals surface area contributed by atoms with Crippen molar-refractivity contribution in [1.82, 2.24) is 9.78 Å². The van der Waals surface area contributed by atoms with Gasteiger partial charge in [0.2, 0.25) is 0 Å². The number of alkyl halides is 2. The molecule has 0 saturated carbocycles. The van der Waals surface area contributed by atoms with Crippen LogP contribution in [0.5, 0.6) is 5.75 Å². The first-order valence-corrected chi connectivity index (χ1v) is 5.27. The first-order chi connectivity index (χ1) is 8.56. The lowest BCUT2D eigenvalue weighted by Gasteiger charge is -2.10. The van der Waals surface area contributed by atoms with E-state index in [-0.39, 0.29) is 5.75 Å². The number of hydrogen-bond acceptors (Lipinski definition) is 3. The zero-order chi connectivity index (χ0) is 13.1. The summed E-state index contributed by atoms with van der Waals surface area (Å²) in [5.41, 5.74) is 1.23. The van der Waals surface area contributed by atoms with Crippen molar-refractivity contribution in [3.05, 3.63) is 47.8 Å². The smallest absolute Gasteiger partial charge is 0.387 e. The normalized spacial score (nSPS) is 12.7. The van der Waals surface area contributed by atoms with Gasteiger partial charge in [0.15, 0.2) is 0 Å². The number of aliphatic hydroxyl groups excluding tert-OH is 1. The third kappa shape index (κ3) is 2.84. The minimum atomic E-state index is -2.85. The summed E-state index contributed by atoms with van der Waals surface area (Å²) in [5.74, 6) is 0.0622. The van der Waals surface area contributed by atoms with Crippen molar-refractivity contribution in [2.24, 2.45) is 7.05 Å². The number of benzene rings is 1. The molecule has 1 aromatic carbocycles. The Labute approximate surface area is 102 Å². The van der Waals surface area contributed by atoms with Crippen LogP contribution in [-0.4, -0.2) is 21.5 Å². The van der Waals surface area contributed by atoms with E-state index in [1.807, 2.05) is 0 Å². The van der Waals surface area contributed by atoms with Crippen LogP contribution in [0.1, 0.15) is 17.2 Å². The Bertz CT molecular complexity index is 511. The average molecular weight is 254 g/mol. The number of aryl methyl sites for hydroxylation is 1. The molecule has 1 unspecified atom stereocenters. The van der Waals surface area contributed by atoms with E-state index >= 15 is 0 Å². The summed E-state index contributed by atoms with van der Waals surface area (Å²) in [6.45, 7) is -2.85. The van der Waals surface area contributed by atoms with Crippen LogP contribution in [-0.2, 0) is 7.05 Å². The number of aliphatic hydroxyl groups is 1. The fourth-order valence-electron chi connectivity index (χ4n) is 1.61. The molecule has 1 N–H and O–H groups in total. The van der Waals surface area contributed by atoms with Crippen LogP contribution < -0.4 is 4.74 Å². The summed E-state index contributed by atoms with van der Waals surface area (Å²) in [6.07, 6.45) is 2.40. The van der Waals surface area contributed by atoms with Gasteiger partial charge in [0.1, 0.15) is 11.9 Å². The van der Waals surface area contributed by atoms with Crippen LogP contribution in [0.2, 0.25) is 0 Å². The van der Waals surface area contributed by atoms with Gasteiger partial charge in [0, 0.05) is 18.8 Å². The molecule has 0 amide bonds. The fraction of sp³-hybridized carbons (Fsp3) is 0.250. The zero-order valence-electron chi connectivity index (χ0n) is 9.62. The van der Waals surface area contributed by atoms with Gasteiger partial charge in [0.25, 0.3) is 0 Å². The Kier molecular flexibility index (Phi) is 3.57. The van der Waals surface area contributed by atoms with Gasteiger partial charge in [-0.25, -0.2) is 0 Å². The van der Waals surface area contributed by atoms with Gasteiger partial charge in [-0.1, -0.05) is 12.1 Å². The quantitative estimate of drug-likeness (QED) is 0.909. The molecule has 0 aliphatic carbocycles. The Balaban J connectivity index is 2.14. The van der Waals surface area contributed by atoms with Crippen molar-refractivity contribution < 1.29 is 18.6 Å². The molecule has 1 atom stereocenters. The van der Waals surface area contributed by atoms with Crippen molar-refractivity contribution >= 4 is 0 Å². The monoisotopic (exact) mass is 254 g/mol. The molecule has 2 aromatic rings. The molecule has 0 spiro atoms. The second-order valence-corrected chi connectivity index (χ2v) is 3.80. The van der Waals surface area contributed by atoms with E-state index in [0.29, 0.717) is 11.1 Å². The minimum absolute atomic E-state index is 0.0622. The Morgan fingerprint density at radius 3 is 2.39 bits per heavy atom. The Morgan fingerprint density at radius 1 is 1.22 bits per heavy atom. The maximum atomic E-state index is 12.0. The molecule has 0 bridgehead atoms. The van der Waals surface area contributed by atoms with Gasteiger partial charge >= 0.3 is 6.61 Å². The second kappa shape index (κ2) is 5.14. The first kappa shape index (κ1) is 12.5. The maximum absolute atomic E-state index is 12.0. The summed E-state index contributed by atoms with van der Waals surface area (Å²) in [6, 6.07) is 5.85. The van der Waals surface area contributed by atoms with Gasteiger partial charge in [-0.3, -0.25) is 4.68 Å². The molecule has 6 heteroatoms. The van der Waals surface area contributed by atoms with Crippen LogP contribution in [0.25, 0.3) is 0 Å². The number of rotatable bonds is 4. The van der Waals surface area contributed by atoms with Crippen molar-refractivity contribution in [1.29, 1.82) is 0 Å². The summed E-state index contributed by atoms with van der Waals surface area (Å²) in [5, 5.41) is 14.0. The van der Waals surface area contributed by atoms with E-state index in [1.54, 1.807) is 24.1 Å². The van der Waals surface area contributed by atoms with Crippen molar-refractivity contribution in [2.75, 3.05) is 0 Å². The zero-order valence-corrected chi connectivity index (χ0v) is 9.62. The van der Waals surface area contributed by atoms with Crippen LogP contribution in [0.4, 0.5) is 8.78 Å². The molecule has 96 valence electrons. The molecule has 4 nitrogen and oxygen atoms in total. The summed E-state index contributed by atoms with van der Waals surface area (Å²) < 4.78 is 29.7. The Hall–Kier alpha value is -1.95. The molecule has 0 radical (unpaired) electrons. The van der Waals surface area contributed by atoms with Gasteiger partial charge in [-0.2, -0.15) is 13.9 Å². The van der Waals surface area contributed by atoms with Crippen LogP contribution >= 0.6 is 0 Å². The third-order valence-corrected chi connectivity index (χ3v) is 2.46. The first-order valence-electron chi connectivity index (χ1n) is 5.27. The van der Waals surface area contributed by atoms with E-state index in [2.05, 4.69) is 9.84 Å². The number of ether oxygens (including phenoxy) is 1. The minimum Gasteiger partial charge on any atom is -0.435 e. The molecule has 1 aromatic heterocycles. The van der Waals surface area contributed by atoms with Gasteiger partial charge in [0.05, 0.1) is 6.20 Å². The molecule has 18 heavy (non-hydrogen) atoms. The van der Waals surface area contributed by atoms with E-state index < -0.39 is 12.7 Å². The van der Waals surface area contributed by atoms with E-state index in [9.17, 15) is 13.9 Å². The van der Waals surface area contributed by atoms with Gasteiger partial charge in [-0.05, 0) is 17.7 Å². The largest absolute Gasteiger partial charge is 0.435 e. The average Bonchev–Trinajstić information content (AvgIpc) is 2.75. The highest BCUT2D eigenvalue weighted by Gasteiger charge is 2.12. The number of aromatic nitrogens is 2. The molecular formula is C12H12F2N2O2. The van der Waals surface area contributed by atoms with Crippen molar-refractivity contribution in [3.8, 4) is 5.75 Å². The molecule has 0 aliphatic heterocycles. The number of hydrogen-bond donors (Lipinski definition) is 1. The predicted molar refractivity (Wildman–Crippen MR) is 60.3 cm³/mol. The van der Waals surface area contributed by atoms with Crippen LogP contribution in [0, 0.1) is 0 Å². The molecule has 1 heterocycles. The van der Waals surface area contributed by atoms with E-state index in [0.717, 1.165) is 0 Å². The third-order valence-electron chi connectivity index (χ3n) is 2.46. The summed E-state index contributed by atoms with van der Waals surface area (Å²) >= 11 is 0. The topological polar surface area (TPSA) is 47.3 Å². The summed E-state index contributed by atoms with van der Waals surface area (Å²) in [7, 11) is 1.75. The number of nitrogens with zero attached hydrogens (tertiary/aromatic N) is 2. The standard InChI is InChI=1S/C12H12F2N2O2/c1-16-7-9(6-15-16)11(17)8-2-4-10(5-3-8)18-12(13)14/h2-7,11-12,17H,1H3. The summed E-state index contributed by atoms with van der Waals surface area (Å²) in [4.78, 5) is 0. The lowest BCUT2D eigenvalue weighted by molar-refractivity contribution is -0.0498. The lowest BCUT2D eigenvalue weighted by Crippen LogP contribution is -2.03. The van der Waals surface area contributed by atoms with E-state index in [1.165, 1.54) is 24.3 Å². The van der Waals surface area contributed by atoms with Crippen LogP contribution in [0.15, 0.2) is 36.7 Å². The molecule has 2 rings (SSSR count). The van der Waals surface area contributed by atoms with Crippen molar-refractivity contribution in [3.63, 3.8) is 0 Å². The van der Waals surface area contributed by atoms with Gasteiger partial charge < -0.3 is 9.84 Å². The number of halogens is 2. The fourth-order valence-corrected chi connectivity index (χ4v) is 1.61. The molecular weight excluding hydrogens is 242 g/mol. The lowest BCUT2D eigenvalue weighted by atomic mass is 10.0.